The van der Waals surface area contributed by atoms with Crippen molar-refractivity contribution in [1.82, 2.24) is 4.90 Å². The van der Waals surface area contributed by atoms with E-state index in [1.165, 1.54) is 7.11 Å². The fraction of sp³-hybridized carbons (Fsp3) is 0.467. The van der Waals surface area contributed by atoms with Crippen LogP contribution in [0.4, 0.5) is 4.79 Å². The van der Waals surface area contributed by atoms with Crippen LogP contribution in [0.15, 0.2) is 30.3 Å². The number of hydrogen-bond donors (Lipinski definition) is 0. The summed E-state index contributed by atoms with van der Waals surface area (Å²) in [6.07, 6.45) is -0.598. The molecule has 9 heteroatoms. The number of amides is 1. The molecule has 0 bridgehead atoms. The molecule has 132 valence electrons. The zero-order valence-electron chi connectivity index (χ0n) is 13.4. The lowest BCUT2D eigenvalue weighted by Gasteiger charge is -2.21. The van der Waals surface area contributed by atoms with Crippen LogP contribution in [-0.4, -0.2) is 57.4 Å². The third kappa shape index (κ3) is 4.93. The summed E-state index contributed by atoms with van der Waals surface area (Å²) in [5, 5.41) is 0. The average molecular weight is 357 g/mol. The number of likely N-dealkylation sites (tertiary alicyclic amines) is 1. The number of carbonyl (C=O) groups excluding carboxylic acids is 2. The maximum atomic E-state index is 12.3. The van der Waals surface area contributed by atoms with Crippen LogP contribution in [0.25, 0.3) is 0 Å². The first-order valence-corrected chi connectivity index (χ1v) is 9.05. The van der Waals surface area contributed by atoms with Crippen LogP contribution in [0.2, 0.25) is 0 Å². The van der Waals surface area contributed by atoms with Crippen LogP contribution in [0, 0.1) is 0 Å². The first kappa shape index (κ1) is 18.2. The number of methoxy groups -OCH3 is 1. The molecule has 8 nitrogen and oxygen atoms in total. The van der Waals surface area contributed by atoms with Crippen molar-refractivity contribution in [2.75, 3.05) is 19.9 Å². The Morgan fingerprint density at radius 3 is 2.50 bits per heavy atom. The molecule has 0 saturated carbocycles. The van der Waals surface area contributed by atoms with Gasteiger partial charge in [0.15, 0.2) is 0 Å². The minimum atomic E-state index is -3.70. The first-order chi connectivity index (χ1) is 11.3. The zero-order chi connectivity index (χ0) is 17.7. The Morgan fingerprint density at radius 1 is 1.25 bits per heavy atom. The van der Waals surface area contributed by atoms with Crippen molar-refractivity contribution in [2.45, 2.75) is 25.2 Å². The summed E-state index contributed by atoms with van der Waals surface area (Å²) < 4.78 is 37.2. The summed E-state index contributed by atoms with van der Waals surface area (Å²) in [4.78, 5) is 25.2. The molecule has 24 heavy (non-hydrogen) atoms. The summed E-state index contributed by atoms with van der Waals surface area (Å²) in [6.45, 7) is -0.0257. The third-order valence-electron chi connectivity index (χ3n) is 3.49. The van der Waals surface area contributed by atoms with Crippen molar-refractivity contribution >= 4 is 22.2 Å². The highest BCUT2D eigenvalue weighted by atomic mass is 32.2. The van der Waals surface area contributed by atoms with Crippen LogP contribution in [0.5, 0.6) is 0 Å². The van der Waals surface area contributed by atoms with Crippen LogP contribution in [0.1, 0.15) is 12.0 Å². The monoisotopic (exact) mass is 357 g/mol. The summed E-state index contributed by atoms with van der Waals surface area (Å²) in [5.41, 5.74) is 0.795. The highest BCUT2D eigenvalue weighted by Crippen LogP contribution is 2.24. The first-order valence-electron chi connectivity index (χ1n) is 7.23. The van der Waals surface area contributed by atoms with Gasteiger partial charge in [-0.3, -0.25) is 9.08 Å². The lowest BCUT2D eigenvalue weighted by Crippen LogP contribution is -2.41. The molecule has 1 aromatic carbocycles. The van der Waals surface area contributed by atoms with Crippen molar-refractivity contribution in [3.8, 4) is 0 Å². The van der Waals surface area contributed by atoms with Gasteiger partial charge in [0.2, 0.25) is 0 Å². The fourth-order valence-corrected chi connectivity index (χ4v) is 3.11. The number of carbonyl (C=O) groups is 2. The van der Waals surface area contributed by atoms with Crippen LogP contribution < -0.4 is 0 Å². The maximum absolute atomic E-state index is 12.3. The molecule has 0 aromatic heterocycles. The quantitative estimate of drug-likeness (QED) is 0.570. The van der Waals surface area contributed by atoms with Gasteiger partial charge in [-0.05, 0) is 5.56 Å². The minimum Gasteiger partial charge on any atom is -0.467 e. The van der Waals surface area contributed by atoms with E-state index in [9.17, 15) is 18.0 Å². The minimum absolute atomic E-state index is 0.0280. The van der Waals surface area contributed by atoms with Crippen LogP contribution in [-0.2, 0) is 35.2 Å². The molecule has 0 unspecified atom stereocenters. The number of benzene rings is 1. The molecular weight excluding hydrogens is 338 g/mol. The van der Waals surface area contributed by atoms with E-state index < -0.39 is 34.3 Å². The largest absolute Gasteiger partial charge is 0.467 e. The Morgan fingerprint density at radius 2 is 1.92 bits per heavy atom. The number of nitrogens with zero attached hydrogens (tertiary/aromatic N) is 1. The van der Waals surface area contributed by atoms with E-state index in [4.69, 9.17) is 8.92 Å². The molecule has 1 amide bonds. The molecule has 1 aromatic rings. The van der Waals surface area contributed by atoms with Gasteiger partial charge in [-0.2, -0.15) is 8.42 Å². The van der Waals surface area contributed by atoms with Crippen molar-refractivity contribution in [1.29, 1.82) is 0 Å². The molecule has 1 aliphatic heterocycles. The Kier molecular flexibility index (Phi) is 5.79. The Labute approximate surface area is 140 Å². The second-order valence-electron chi connectivity index (χ2n) is 5.39. The standard InChI is InChI=1S/C15H19NO7S/c1-21-14(17)13-8-12(23-24(2,19)20)9-16(13)15(18)22-10-11-6-4-3-5-7-11/h3-7,12-13H,8-10H2,1-2H3/t12-,13+/m1/s1. The number of rotatable bonds is 5. The van der Waals surface area contributed by atoms with Gasteiger partial charge in [0.25, 0.3) is 10.1 Å². The molecule has 2 atom stereocenters. The lowest BCUT2D eigenvalue weighted by atomic mass is 10.2. The van der Waals surface area contributed by atoms with E-state index in [1.807, 2.05) is 18.2 Å². The van der Waals surface area contributed by atoms with E-state index in [-0.39, 0.29) is 19.6 Å². The zero-order valence-corrected chi connectivity index (χ0v) is 14.2. The lowest BCUT2D eigenvalue weighted by molar-refractivity contribution is -0.145. The normalized spacial score (nSPS) is 20.7. The van der Waals surface area contributed by atoms with E-state index in [0.29, 0.717) is 0 Å². The second kappa shape index (κ2) is 7.63. The Hall–Kier alpha value is -2.13. The fourth-order valence-electron chi connectivity index (χ4n) is 2.48. The van der Waals surface area contributed by atoms with Gasteiger partial charge in [-0.1, -0.05) is 30.3 Å². The van der Waals surface area contributed by atoms with Crippen molar-refractivity contribution in [2.24, 2.45) is 0 Å². The maximum Gasteiger partial charge on any atom is 0.410 e. The molecule has 0 spiro atoms. The number of ether oxygens (including phenoxy) is 2. The average Bonchev–Trinajstić information content (AvgIpc) is 2.94. The molecule has 2 rings (SSSR count). The van der Waals surface area contributed by atoms with Crippen molar-refractivity contribution in [3.05, 3.63) is 35.9 Å². The predicted molar refractivity (Wildman–Crippen MR) is 83.5 cm³/mol. The number of hydrogen-bond acceptors (Lipinski definition) is 7. The van der Waals surface area contributed by atoms with Gasteiger partial charge < -0.3 is 9.47 Å². The summed E-state index contributed by atoms with van der Waals surface area (Å²) in [5.74, 6) is -0.647. The van der Waals surface area contributed by atoms with E-state index in [1.54, 1.807) is 12.1 Å². The van der Waals surface area contributed by atoms with Gasteiger partial charge in [0, 0.05) is 6.42 Å². The topological polar surface area (TPSA) is 99.2 Å². The third-order valence-corrected chi connectivity index (χ3v) is 4.11. The van der Waals surface area contributed by atoms with Gasteiger partial charge in [0.05, 0.1) is 26.0 Å². The molecule has 1 heterocycles. The van der Waals surface area contributed by atoms with E-state index >= 15 is 0 Å². The summed E-state index contributed by atoms with van der Waals surface area (Å²) in [7, 11) is -2.50. The highest BCUT2D eigenvalue weighted by Gasteiger charge is 2.43. The van der Waals surface area contributed by atoms with Gasteiger partial charge in [-0.25, -0.2) is 9.59 Å². The molecular formula is C15H19NO7S. The summed E-state index contributed by atoms with van der Waals surface area (Å²) >= 11 is 0. The summed E-state index contributed by atoms with van der Waals surface area (Å²) in [6, 6.07) is 8.12. The smallest absolute Gasteiger partial charge is 0.410 e. The van der Waals surface area contributed by atoms with Gasteiger partial charge in [0.1, 0.15) is 12.6 Å². The van der Waals surface area contributed by atoms with Gasteiger partial charge in [-0.15, -0.1) is 0 Å². The number of esters is 1. The van der Waals surface area contributed by atoms with Crippen molar-refractivity contribution in [3.63, 3.8) is 0 Å². The predicted octanol–water partition coefficient (Wildman–Crippen LogP) is 0.915. The van der Waals surface area contributed by atoms with Crippen LogP contribution >= 0.6 is 0 Å². The van der Waals surface area contributed by atoms with Gasteiger partial charge >= 0.3 is 12.1 Å². The molecule has 1 fully saturated rings. The van der Waals surface area contributed by atoms with Crippen LogP contribution in [0.3, 0.4) is 0 Å². The molecule has 0 aliphatic carbocycles. The Balaban J connectivity index is 2.03. The Bertz CT molecular complexity index is 689. The van der Waals surface area contributed by atoms with Crippen molar-refractivity contribution < 1.29 is 31.7 Å². The molecule has 1 aliphatic rings. The van der Waals surface area contributed by atoms with E-state index in [2.05, 4.69) is 4.74 Å². The molecule has 0 radical (unpaired) electrons. The molecule has 0 N–H and O–H groups in total. The molecule has 1 saturated heterocycles. The highest BCUT2D eigenvalue weighted by molar-refractivity contribution is 7.86. The SMILES string of the molecule is COC(=O)[C@@H]1C[C@@H](OS(C)(=O)=O)CN1C(=O)OCc1ccccc1. The second-order valence-corrected chi connectivity index (χ2v) is 6.99. The van der Waals surface area contributed by atoms with E-state index in [0.717, 1.165) is 16.7 Å².